The van der Waals surface area contributed by atoms with Crippen molar-refractivity contribution in [3.63, 3.8) is 0 Å². The molecule has 0 radical (unpaired) electrons. The molecule has 3 aromatic heterocycles. The van der Waals surface area contributed by atoms with Gasteiger partial charge >= 0.3 is 0 Å². The van der Waals surface area contributed by atoms with Crippen LogP contribution in [0.5, 0.6) is 0 Å². The Morgan fingerprint density at radius 2 is 1.97 bits per heavy atom. The third-order valence-corrected chi connectivity index (χ3v) is 7.92. The molecule has 3 aromatic rings. The molecule has 2 N–H and O–H groups in total. The number of hydrogen-bond donors (Lipinski definition) is 1. The van der Waals surface area contributed by atoms with E-state index in [2.05, 4.69) is 74.2 Å². The first-order valence-corrected chi connectivity index (χ1v) is 15.7. The van der Waals surface area contributed by atoms with E-state index in [0.29, 0.717) is 23.4 Å². The van der Waals surface area contributed by atoms with Gasteiger partial charge in [-0.2, -0.15) is 4.98 Å². The van der Waals surface area contributed by atoms with Crippen molar-refractivity contribution in [2.24, 2.45) is 0 Å². The number of nitrogen functional groups attached to an aromatic ring is 1. The van der Waals surface area contributed by atoms with Gasteiger partial charge in [0.25, 0.3) is 0 Å². The Morgan fingerprint density at radius 3 is 2.67 bits per heavy atom. The Morgan fingerprint density at radius 1 is 1.18 bits per heavy atom. The van der Waals surface area contributed by atoms with Crippen molar-refractivity contribution in [1.29, 1.82) is 0 Å². The van der Waals surface area contributed by atoms with Crippen molar-refractivity contribution in [2.45, 2.75) is 70.6 Å². The van der Waals surface area contributed by atoms with E-state index in [4.69, 9.17) is 10.2 Å². The molecule has 5 rings (SSSR count). The van der Waals surface area contributed by atoms with E-state index in [0.717, 1.165) is 23.5 Å². The van der Waals surface area contributed by atoms with Gasteiger partial charge in [-0.25, -0.2) is 14.6 Å². The summed E-state index contributed by atoms with van der Waals surface area (Å²) in [6, 6.07) is 0.0658. The Bertz CT molecular complexity index is 1220. The number of fused-ring (bicyclic) bond motifs is 1. The van der Waals surface area contributed by atoms with Crippen LogP contribution in [0, 0.1) is 6.92 Å². The van der Waals surface area contributed by atoms with Crippen molar-refractivity contribution < 1.29 is 4.43 Å². The topological polar surface area (TPSA) is 108 Å². The number of thiazole rings is 1. The number of allylic oxidation sites excluding steroid dienone is 2. The van der Waals surface area contributed by atoms with Gasteiger partial charge in [0.2, 0.25) is 5.95 Å². The Balaban J connectivity index is 1.50. The number of aryl methyl sites for hydroxylation is 1. The number of nitrogens with zero attached hydrogens (tertiary/aromatic N) is 7. The fourth-order valence-corrected chi connectivity index (χ4v) is 7.06. The molecule has 1 aliphatic heterocycles. The van der Waals surface area contributed by atoms with E-state index in [1.165, 1.54) is 24.2 Å². The molecule has 33 heavy (non-hydrogen) atoms. The van der Waals surface area contributed by atoms with E-state index in [9.17, 15) is 0 Å². The van der Waals surface area contributed by atoms with Crippen molar-refractivity contribution in [1.82, 2.24) is 34.8 Å². The average molecular weight is 483 g/mol. The van der Waals surface area contributed by atoms with Gasteiger partial charge in [0, 0.05) is 17.3 Å². The second-order valence-corrected chi connectivity index (χ2v) is 15.0. The Kier molecular flexibility index (Phi) is 5.58. The first-order valence-electron chi connectivity index (χ1n) is 11.4. The third kappa shape index (κ3) is 4.32. The standard InChI is InChI=1S/C22H30N8OSSi/c1-15-14-32-20(24-15)18-17-19(26-21(23)25-18)30(28-27-17)13-16-9-5-8-12-29(16)22(10-6-7-11-22)31-33(2,3)4/h5,8-9,12,14,16H,6-7,10-11,13H2,1-4H3,(H2,23,25,26). The molecular weight excluding hydrogens is 452 g/mol. The molecule has 1 saturated carbocycles. The maximum Gasteiger partial charge on any atom is 0.222 e. The summed E-state index contributed by atoms with van der Waals surface area (Å²) in [7, 11) is -1.76. The van der Waals surface area contributed by atoms with Crippen LogP contribution in [-0.2, 0) is 11.0 Å². The minimum Gasteiger partial charge on any atom is -0.395 e. The van der Waals surface area contributed by atoms with Crippen LogP contribution in [0.1, 0.15) is 31.4 Å². The molecule has 0 bridgehead atoms. The predicted octanol–water partition coefficient (Wildman–Crippen LogP) is 4.11. The first kappa shape index (κ1) is 22.2. The quantitative estimate of drug-likeness (QED) is 0.523. The van der Waals surface area contributed by atoms with E-state index >= 15 is 0 Å². The van der Waals surface area contributed by atoms with E-state index in [-0.39, 0.29) is 17.7 Å². The van der Waals surface area contributed by atoms with Gasteiger partial charge in [0.1, 0.15) is 16.4 Å². The number of anilines is 1. The molecule has 4 heterocycles. The maximum absolute atomic E-state index is 6.84. The van der Waals surface area contributed by atoms with Gasteiger partial charge in [0.15, 0.2) is 19.5 Å². The molecule has 2 aliphatic rings. The number of aromatic nitrogens is 6. The SMILES string of the molecule is Cc1csc(-c2nc(N)nc3c2nnn3CC2C=CC=CN2C2(O[Si](C)(C)C)CCCC2)n1. The van der Waals surface area contributed by atoms with Crippen molar-refractivity contribution >= 4 is 36.8 Å². The van der Waals surface area contributed by atoms with Crippen molar-refractivity contribution in [3.05, 3.63) is 35.5 Å². The zero-order chi connectivity index (χ0) is 23.2. The van der Waals surface area contributed by atoms with Gasteiger partial charge < -0.3 is 15.1 Å². The van der Waals surface area contributed by atoms with Crippen LogP contribution in [-0.4, -0.2) is 54.9 Å². The molecule has 0 aromatic carbocycles. The lowest BCUT2D eigenvalue weighted by atomic mass is 10.0. The Hall–Kier alpha value is -2.63. The first-order chi connectivity index (χ1) is 15.7. The number of nitrogens with two attached hydrogens (primary N) is 1. The minimum atomic E-state index is -1.76. The lowest BCUT2D eigenvalue weighted by Crippen LogP contribution is -2.56. The van der Waals surface area contributed by atoms with Crippen LogP contribution in [0.15, 0.2) is 29.8 Å². The second-order valence-electron chi connectivity index (χ2n) is 9.74. The van der Waals surface area contributed by atoms with Crippen LogP contribution in [0.4, 0.5) is 5.95 Å². The molecule has 1 atom stereocenters. The fourth-order valence-electron chi connectivity index (χ4n) is 4.82. The lowest BCUT2D eigenvalue weighted by molar-refractivity contribution is -0.0756. The highest BCUT2D eigenvalue weighted by atomic mass is 32.1. The highest BCUT2D eigenvalue weighted by Gasteiger charge is 2.45. The zero-order valence-corrected chi connectivity index (χ0v) is 21.3. The summed E-state index contributed by atoms with van der Waals surface area (Å²) < 4.78 is 8.67. The monoisotopic (exact) mass is 482 g/mol. The van der Waals surface area contributed by atoms with Gasteiger partial charge in [-0.1, -0.05) is 17.4 Å². The van der Waals surface area contributed by atoms with E-state index < -0.39 is 8.32 Å². The lowest BCUT2D eigenvalue weighted by Gasteiger charge is -2.48. The van der Waals surface area contributed by atoms with Gasteiger partial charge in [-0.05, 0) is 58.3 Å². The fraction of sp³-hybridized carbons (Fsp3) is 0.500. The highest BCUT2D eigenvalue weighted by molar-refractivity contribution is 7.13. The Labute approximate surface area is 198 Å². The summed E-state index contributed by atoms with van der Waals surface area (Å²) in [6.07, 6.45) is 13.0. The van der Waals surface area contributed by atoms with Crippen LogP contribution in [0.2, 0.25) is 19.6 Å². The van der Waals surface area contributed by atoms with Crippen molar-refractivity contribution in [2.75, 3.05) is 5.73 Å². The molecule has 0 amide bonds. The summed E-state index contributed by atoms with van der Waals surface area (Å²) in [5, 5.41) is 11.6. The molecule has 1 unspecified atom stereocenters. The average Bonchev–Trinajstić information content (AvgIpc) is 3.48. The molecule has 1 fully saturated rings. The summed E-state index contributed by atoms with van der Waals surface area (Å²) in [6.45, 7) is 9.33. The third-order valence-electron chi connectivity index (χ3n) is 5.96. The molecule has 9 nitrogen and oxygen atoms in total. The molecule has 174 valence electrons. The van der Waals surface area contributed by atoms with Crippen LogP contribution < -0.4 is 5.73 Å². The van der Waals surface area contributed by atoms with Crippen LogP contribution in [0.25, 0.3) is 21.9 Å². The summed E-state index contributed by atoms with van der Waals surface area (Å²) in [5.74, 6) is 0.194. The summed E-state index contributed by atoms with van der Waals surface area (Å²) in [4.78, 5) is 15.9. The second kappa shape index (κ2) is 8.30. The molecule has 0 spiro atoms. The minimum absolute atomic E-state index is 0.0658. The zero-order valence-electron chi connectivity index (χ0n) is 19.5. The van der Waals surface area contributed by atoms with Gasteiger partial charge in [-0.3, -0.25) is 0 Å². The maximum atomic E-state index is 6.84. The van der Waals surface area contributed by atoms with E-state index in [1.807, 2.05) is 17.0 Å². The van der Waals surface area contributed by atoms with Crippen molar-refractivity contribution in [3.8, 4) is 10.7 Å². The number of rotatable bonds is 6. The van der Waals surface area contributed by atoms with Gasteiger partial charge in [-0.15, -0.1) is 16.4 Å². The normalized spacial score (nSPS) is 20.2. The predicted molar refractivity (Wildman–Crippen MR) is 133 cm³/mol. The van der Waals surface area contributed by atoms with E-state index in [1.54, 1.807) is 0 Å². The molecule has 0 saturated heterocycles. The summed E-state index contributed by atoms with van der Waals surface area (Å²) in [5.41, 5.74) is 8.62. The molecule has 1 aliphatic carbocycles. The molecular formula is C22H30N8OSSi. The number of hydrogen-bond acceptors (Lipinski definition) is 9. The van der Waals surface area contributed by atoms with Crippen LogP contribution >= 0.6 is 11.3 Å². The largest absolute Gasteiger partial charge is 0.395 e. The van der Waals surface area contributed by atoms with Crippen LogP contribution in [0.3, 0.4) is 0 Å². The highest BCUT2D eigenvalue weighted by Crippen LogP contribution is 2.41. The smallest absolute Gasteiger partial charge is 0.222 e. The molecule has 11 heteroatoms. The van der Waals surface area contributed by atoms with Gasteiger partial charge in [0.05, 0.1) is 12.6 Å². The summed E-state index contributed by atoms with van der Waals surface area (Å²) >= 11 is 1.52.